The number of hydrogen-bond acceptors (Lipinski definition) is 8. The van der Waals surface area contributed by atoms with Crippen molar-refractivity contribution in [1.82, 2.24) is 24.4 Å². The van der Waals surface area contributed by atoms with Crippen LogP contribution >= 0.6 is 0 Å². The first-order chi connectivity index (χ1) is 16.4. The molecule has 2 fully saturated rings. The lowest BCUT2D eigenvalue weighted by atomic mass is 9.99. The number of piperazine rings is 1. The smallest absolute Gasteiger partial charge is 0.253 e. The molecule has 0 bridgehead atoms. The van der Waals surface area contributed by atoms with Gasteiger partial charge in [0.15, 0.2) is 11.6 Å². The molecule has 3 aliphatic heterocycles. The molecule has 0 spiro atoms. The molecule has 178 valence electrons. The number of Topliss-reactive ketones (excluding diaryl/α,β-unsaturated/α-hetero) is 1. The molecule has 34 heavy (non-hydrogen) atoms. The highest BCUT2D eigenvalue weighted by Crippen LogP contribution is 2.39. The number of carbonyl (C=O) groups excluding carboxylic acids is 1. The van der Waals surface area contributed by atoms with Crippen LogP contribution in [0.4, 0.5) is 11.5 Å². The number of fused-ring (bicyclic) bond motifs is 1. The van der Waals surface area contributed by atoms with E-state index in [1.54, 1.807) is 17.7 Å². The summed E-state index contributed by atoms with van der Waals surface area (Å²) in [5.74, 6) is 0.574. The summed E-state index contributed by atoms with van der Waals surface area (Å²) in [6.07, 6.45) is 7.44. The van der Waals surface area contributed by atoms with Crippen molar-refractivity contribution < 1.29 is 9.90 Å². The van der Waals surface area contributed by atoms with E-state index in [-0.39, 0.29) is 28.9 Å². The summed E-state index contributed by atoms with van der Waals surface area (Å²) < 4.78 is 1.71. The summed E-state index contributed by atoms with van der Waals surface area (Å²) in [6.45, 7) is 7.25. The number of ketones is 1. The highest BCUT2D eigenvalue weighted by Gasteiger charge is 2.26. The van der Waals surface area contributed by atoms with Gasteiger partial charge in [0.05, 0.1) is 11.9 Å². The molecule has 9 nitrogen and oxygen atoms in total. The van der Waals surface area contributed by atoms with Crippen molar-refractivity contribution in [2.75, 3.05) is 38.1 Å². The Kier molecular flexibility index (Phi) is 6.03. The summed E-state index contributed by atoms with van der Waals surface area (Å²) >= 11 is 0. The van der Waals surface area contributed by atoms with Gasteiger partial charge < -0.3 is 19.5 Å². The van der Waals surface area contributed by atoms with E-state index in [2.05, 4.69) is 36.8 Å². The number of carbonyl (C=O) groups is 1. The van der Waals surface area contributed by atoms with Gasteiger partial charge >= 0.3 is 0 Å². The molecule has 1 saturated heterocycles. The fourth-order valence-corrected chi connectivity index (χ4v) is 5.09. The van der Waals surface area contributed by atoms with Gasteiger partial charge in [-0.2, -0.15) is 9.98 Å². The largest absolute Gasteiger partial charge is 0.859 e. The van der Waals surface area contributed by atoms with Gasteiger partial charge in [-0.25, -0.2) is 9.97 Å². The Morgan fingerprint density at radius 1 is 1.09 bits per heavy atom. The lowest BCUT2D eigenvalue weighted by molar-refractivity contribution is -0.280. The first kappa shape index (κ1) is 22.5. The van der Waals surface area contributed by atoms with Gasteiger partial charge in [-0.3, -0.25) is 4.79 Å². The van der Waals surface area contributed by atoms with E-state index in [1.807, 2.05) is 18.3 Å². The average Bonchev–Trinajstić information content (AvgIpc) is 3.34. The summed E-state index contributed by atoms with van der Waals surface area (Å²) in [4.78, 5) is 35.0. The Labute approximate surface area is 199 Å². The molecule has 0 N–H and O–H groups in total. The molecule has 0 aromatic carbocycles. The van der Waals surface area contributed by atoms with Gasteiger partial charge in [0.25, 0.3) is 5.62 Å². The van der Waals surface area contributed by atoms with Crippen LogP contribution in [0.25, 0.3) is 11.4 Å². The van der Waals surface area contributed by atoms with Gasteiger partial charge in [-0.05, 0) is 57.3 Å². The number of pyridine rings is 2. The van der Waals surface area contributed by atoms with E-state index in [0.29, 0.717) is 22.8 Å². The fraction of sp³-hybridized carbons (Fsp3) is 0.480. The molecule has 5 rings (SSSR count). The van der Waals surface area contributed by atoms with Crippen LogP contribution in [-0.4, -0.2) is 63.4 Å². The maximum absolute atomic E-state index is 13.3. The Balaban J connectivity index is 1.54. The van der Waals surface area contributed by atoms with Gasteiger partial charge in [0, 0.05) is 49.5 Å². The highest BCUT2D eigenvalue weighted by atomic mass is 16.3. The van der Waals surface area contributed by atoms with Crippen molar-refractivity contribution in [2.45, 2.75) is 45.6 Å². The van der Waals surface area contributed by atoms with E-state index < -0.39 is 0 Å². The van der Waals surface area contributed by atoms with Crippen molar-refractivity contribution >= 4 is 17.3 Å². The van der Waals surface area contributed by atoms with Crippen LogP contribution in [0.5, 0.6) is 5.88 Å². The van der Waals surface area contributed by atoms with Crippen molar-refractivity contribution in [3.8, 4) is 17.3 Å². The molecule has 0 radical (unpaired) electrons. The zero-order chi connectivity index (χ0) is 23.8. The van der Waals surface area contributed by atoms with E-state index in [1.165, 1.54) is 6.92 Å². The van der Waals surface area contributed by atoms with E-state index in [0.717, 1.165) is 57.5 Å². The van der Waals surface area contributed by atoms with Crippen molar-refractivity contribution in [2.24, 2.45) is 4.99 Å². The standard InChI is InChI=1S/C25H31N7O2/c1-16-20-15-27-25(28-21-9-8-19(14-26-21)31-12-10-30(3)11-13-31)29-23(20)32(18-6-4-5-7-18)24(34)22(16)17(2)33/h8-9,14-15,18,34H,4-7,10-13H2,1-3H3/p-1. The van der Waals surface area contributed by atoms with Crippen LogP contribution in [0.3, 0.4) is 0 Å². The van der Waals surface area contributed by atoms with Gasteiger partial charge in [0.2, 0.25) is 0 Å². The molecular weight excluding hydrogens is 430 g/mol. The van der Waals surface area contributed by atoms with Crippen LogP contribution in [-0.2, 0) is 0 Å². The Morgan fingerprint density at radius 3 is 2.47 bits per heavy atom. The second-order valence-corrected chi connectivity index (χ2v) is 9.35. The SMILES string of the molecule is CC(=O)c1c(C)c2cnc(=Nc3ccc(N4CCN(C)CC4)cn3)nc-2n(C2CCCC2)c1[O-]. The second-order valence-electron chi connectivity index (χ2n) is 9.35. The van der Waals surface area contributed by atoms with E-state index in [4.69, 9.17) is 0 Å². The molecule has 0 unspecified atom stereocenters. The third-order valence-corrected chi connectivity index (χ3v) is 7.05. The van der Waals surface area contributed by atoms with Gasteiger partial charge in [0.1, 0.15) is 5.82 Å². The molecule has 1 aliphatic carbocycles. The number of aromatic nitrogens is 4. The molecule has 4 heterocycles. The molecule has 1 aromatic heterocycles. The molecule has 4 aliphatic rings. The minimum absolute atomic E-state index is 0.0393. The zero-order valence-corrected chi connectivity index (χ0v) is 20.0. The number of nitrogens with zero attached hydrogens (tertiary/aromatic N) is 7. The predicted octanol–water partition coefficient (Wildman–Crippen LogP) is 2.46. The third kappa shape index (κ3) is 4.16. The Morgan fingerprint density at radius 2 is 1.82 bits per heavy atom. The van der Waals surface area contributed by atoms with Crippen molar-refractivity contribution in [3.63, 3.8) is 0 Å². The molecule has 0 amide bonds. The summed E-state index contributed by atoms with van der Waals surface area (Å²) in [5.41, 5.74) is 2.91. The molecule has 0 atom stereocenters. The number of rotatable bonds is 4. The maximum Gasteiger partial charge on any atom is 0.253 e. The molecular formula is C25H30N7O2-. The van der Waals surface area contributed by atoms with Crippen LogP contribution in [0, 0.1) is 6.92 Å². The number of hydrogen-bond donors (Lipinski definition) is 0. The number of likely N-dealkylation sites (N-methyl/N-ethyl adjacent to an activating group) is 1. The van der Waals surface area contributed by atoms with Gasteiger partial charge in [-0.15, -0.1) is 0 Å². The first-order valence-electron chi connectivity index (χ1n) is 12.0. The fourth-order valence-electron chi connectivity index (χ4n) is 5.09. The highest BCUT2D eigenvalue weighted by molar-refractivity contribution is 5.99. The van der Waals surface area contributed by atoms with Crippen LogP contribution in [0.1, 0.15) is 54.6 Å². The number of anilines is 1. The zero-order valence-electron chi connectivity index (χ0n) is 20.0. The predicted molar refractivity (Wildman–Crippen MR) is 128 cm³/mol. The normalized spacial score (nSPS) is 18.2. The summed E-state index contributed by atoms with van der Waals surface area (Å²) in [7, 11) is 2.13. The monoisotopic (exact) mass is 460 g/mol. The molecule has 1 aromatic rings. The van der Waals surface area contributed by atoms with Crippen LogP contribution < -0.4 is 15.6 Å². The molecule has 9 heteroatoms. The van der Waals surface area contributed by atoms with Crippen molar-refractivity contribution in [3.05, 3.63) is 41.3 Å². The first-order valence-corrected chi connectivity index (χ1v) is 12.0. The quantitative estimate of drug-likeness (QED) is 0.551. The molecule has 1 saturated carbocycles. The van der Waals surface area contributed by atoms with E-state index >= 15 is 0 Å². The lowest BCUT2D eigenvalue weighted by Crippen LogP contribution is -2.44. The summed E-state index contributed by atoms with van der Waals surface area (Å²) in [5, 5.41) is 13.3. The van der Waals surface area contributed by atoms with E-state index in [9.17, 15) is 9.90 Å². The Hall–Kier alpha value is -3.33. The average molecular weight is 461 g/mol. The second kappa shape index (κ2) is 9.13. The Bertz CT molecular complexity index is 1240. The third-order valence-electron chi connectivity index (χ3n) is 7.05. The minimum atomic E-state index is -0.260. The van der Waals surface area contributed by atoms with Crippen LogP contribution in [0.2, 0.25) is 0 Å². The topological polar surface area (TPSA) is 103 Å². The van der Waals surface area contributed by atoms with Crippen molar-refractivity contribution in [1.29, 1.82) is 0 Å². The maximum atomic E-state index is 13.3. The minimum Gasteiger partial charge on any atom is -0.859 e. The van der Waals surface area contributed by atoms with Crippen LogP contribution in [0.15, 0.2) is 29.5 Å². The lowest BCUT2D eigenvalue weighted by Gasteiger charge is -2.33. The van der Waals surface area contributed by atoms with Gasteiger partial charge in [-0.1, -0.05) is 12.8 Å². The summed E-state index contributed by atoms with van der Waals surface area (Å²) in [6, 6.07) is 3.93.